The Labute approximate surface area is 143 Å². The van der Waals surface area contributed by atoms with Crippen LogP contribution in [-0.2, 0) is 0 Å². The standard InChI is InChI=1S/C17H21B2N5/c18-19-23-10-7-13(8-11-23)21-16-5-3-4-14(22-16)15-12-20-17-6-1-2-9-24(15)17/h1-6,9,12-13,19H,7-8,10-11,18H2,(H,21,22). The van der Waals surface area contributed by atoms with Crippen LogP contribution in [-0.4, -0.2) is 53.4 Å². The predicted molar refractivity (Wildman–Crippen MR) is 102 cm³/mol. The number of rotatable bonds is 4. The van der Waals surface area contributed by atoms with Crippen molar-refractivity contribution in [3.8, 4) is 11.4 Å². The quantitative estimate of drug-likeness (QED) is 0.734. The largest absolute Gasteiger partial charge is 0.367 e. The summed E-state index contributed by atoms with van der Waals surface area (Å²) >= 11 is 0. The molecule has 1 N–H and O–H groups in total. The van der Waals surface area contributed by atoms with Crippen LogP contribution in [0.3, 0.4) is 0 Å². The van der Waals surface area contributed by atoms with Gasteiger partial charge in [0.15, 0.2) is 7.31 Å². The molecule has 3 aromatic heterocycles. The number of hydrogen-bond acceptors (Lipinski definition) is 4. The number of pyridine rings is 2. The van der Waals surface area contributed by atoms with Crippen molar-refractivity contribution in [3.63, 3.8) is 0 Å². The number of imidazole rings is 1. The van der Waals surface area contributed by atoms with Crippen molar-refractivity contribution in [2.45, 2.75) is 18.9 Å². The van der Waals surface area contributed by atoms with Crippen LogP contribution in [0.25, 0.3) is 17.0 Å². The van der Waals surface area contributed by atoms with Gasteiger partial charge >= 0.3 is 0 Å². The Balaban J connectivity index is 1.54. The average molecular weight is 317 g/mol. The predicted octanol–water partition coefficient (Wildman–Crippen LogP) is 1.17. The lowest BCUT2D eigenvalue weighted by Gasteiger charge is -2.32. The van der Waals surface area contributed by atoms with Crippen molar-refractivity contribution in [1.82, 2.24) is 19.2 Å². The van der Waals surface area contributed by atoms with E-state index < -0.39 is 0 Å². The molecule has 0 aromatic carbocycles. The minimum atomic E-state index is 0.512. The summed E-state index contributed by atoms with van der Waals surface area (Å²) in [6, 6.07) is 12.7. The maximum Gasteiger partial charge on any atom is 0.161 e. The molecule has 1 aliphatic rings. The van der Waals surface area contributed by atoms with Crippen LogP contribution in [0.15, 0.2) is 48.8 Å². The van der Waals surface area contributed by atoms with Gasteiger partial charge in [-0.1, -0.05) is 12.1 Å². The first-order chi connectivity index (χ1) is 11.8. The highest BCUT2D eigenvalue weighted by Crippen LogP contribution is 2.21. The highest BCUT2D eigenvalue weighted by atomic mass is 15.1. The molecule has 0 amide bonds. The molecule has 5 nitrogen and oxygen atoms in total. The second kappa shape index (κ2) is 6.69. The topological polar surface area (TPSA) is 45.5 Å². The van der Waals surface area contributed by atoms with E-state index in [1.807, 2.05) is 36.7 Å². The van der Waals surface area contributed by atoms with Gasteiger partial charge in [0.05, 0.1) is 25.3 Å². The Morgan fingerprint density at radius 2 is 2.00 bits per heavy atom. The van der Waals surface area contributed by atoms with Gasteiger partial charge in [0.1, 0.15) is 11.5 Å². The molecule has 7 heteroatoms. The van der Waals surface area contributed by atoms with E-state index in [0.29, 0.717) is 6.04 Å². The summed E-state index contributed by atoms with van der Waals surface area (Å²) in [4.78, 5) is 11.8. The second-order valence-corrected chi connectivity index (χ2v) is 6.33. The molecule has 24 heavy (non-hydrogen) atoms. The van der Waals surface area contributed by atoms with E-state index in [-0.39, 0.29) is 0 Å². The van der Waals surface area contributed by atoms with Crippen LogP contribution in [0.4, 0.5) is 5.82 Å². The number of piperidine rings is 1. The zero-order valence-corrected chi connectivity index (χ0v) is 14.0. The third-order valence-corrected chi connectivity index (χ3v) is 4.82. The highest BCUT2D eigenvalue weighted by Gasteiger charge is 2.18. The molecular formula is C17H21B2N5. The van der Waals surface area contributed by atoms with Crippen molar-refractivity contribution in [2.24, 2.45) is 0 Å². The molecule has 120 valence electrons. The maximum atomic E-state index is 4.81. The fraction of sp³-hybridized carbons (Fsp3) is 0.294. The van der Waals surface area contributed by atoms with Gasteiger partial charge in [-0.15, -0.1) is 0 Å². The first-order valence-electron chi connectivity index (χ1n) is 8.72. The van der Waals surface area contributed by atoms with Crippen molar-refractivity contribution in [1.29, 1.82) is 0 Å². The third-order valence-electron chi connectivity index (χ3n) is 4.82. The summed E-state index contributed by atoms with van der Waals surface area (Å²) < 4.78 is 2.08. The van der Waals surface area contributed by atoms with Crippen LogP contribution in [0, 0.1) is 0 Å². The minimum absolute atomic E-state index is 0.512. The smallest absolute Gasteiger partial charge is 0.161 e. The lowest BCUT2D eigenvalue weighted by molar-refractivity contribution is 0.344. The van der Waals surface area contributed by atoms with Gasteiger partial charge in [0.25, 0.3) is 0 Å². The molecule has 4 heterocycles. The normalized spacial score (nSPS) is 16.3. The van der Waals surface area contributed by atoms with Crippen LogP contribution >= 0.6 is 0 Å². The van der Waals surface area contributed by atoms with Gasteiger partial charge in [0, 0.05) is 12.2 Å². The van der Waals surface area contributed by atoms with Crippen LogP contribution < -0.4 is 5.32 Å². The molecule has 0 unspecified atom stereocenters. The Kier molecular flexibility index (Phi) is 4.26. The van der Waals surface area contributed by atoms with Gasteiger partial charge < -0.3 is 10.1 Å². The maximum absolute atomic E-state index is 4.81. The summed E-state index contributed by atoms with van der Waals surface area (Å²) in [6.07, 6.45) is 6.27. The first-order valence-corrected chi connectivity index (χ1v) is 8.72. The van der Waals surface area contributed by atoms with E-state index in [2.05, 4.69) is 39.4 Å². The number of hydrogen-bond donors (Lipinski definition) is 1. The van der Waals surface area contributed by atoms with Gasteiger partial charge in [-0.3, -0.25) is 4.40 Å². The monoisotopic (exact) mass is 317 g/mol. The molecule has 0 spiro atoms. The summed E-state index contributed by atoms with van der Waals surface area (Å²) in [5.41, 5.74) is 2.92. The molecular weight excluding hydrogens is 296 g/mol. The fourth-order valence-corrected chi connectivity index (χ4v) is 3.38. The fourth-order valence-electron chi connectivity index (χ4n) is 3.38. The van der Waals surface area contributed by atoms with E-state index in [9.17, 15) is 0 Å². The van der Waals surface area contributed by atoms with Gasteiger partial charge in [-0.2, -0.15) is 0 Å². The summed E-state index contributed by atoms with van der Waals surface area (Å²) in [5.74, 6) is 0.952. The number of fused-ring (bicyclic) bond motifs is 1. The third kappa shape index (κ3) is 3.04. The molecule has 1 fully saturated rings. The van der Waals surface area contributed by atoms with Gasteiger partial charge in [-0.25, -0.2) is 9.97 Å². The number of nitrogens with one attached hydrogen (secondary N) is 1. The zero-order chi connectivity index (χ0) is 16.4. The molecule has 0 aliphatic carbocycles. The minimum Gasteiger partial charge on any atom is -0.367 e. The van der Waals surface area contributed by atoms with E-state index in [0.717, 1.165) is 30.2 Å². The lowest BCUT2D eigenvalue weighted by Crippen LogP contribution is -2.41. The second-order valence-electron chi connectivity index (χ2n) is 6.33. The molecule has 3 aromatic rings. The van der Waals surface area contributed by atoms with Crippen LogP contribution in [0.1, 0.15) is 12.8 Å². The molecule has 1 aliphatic heterocycles. The SMILES string of the molecule is BBN1CCC(Nc2cccc(-c3cnc4ccccn34)n2)CC1. The Hall–Kier alpha value is -2.27. The Bertz CT molecular complexity index is 826. The van der Waals surface area contributed by atoms with E-state index in [4.69, 9.17) is 4.98 Å². The molecule has 4 rings (SSSR count). The Morgan fingerprint density at radius 3 is 2.83 bits per heavy atom. The molecule has 0 radical (unpaired) electrons. The average Bonchev–Trinajstić information content (AvgIpc) is 3.07. The lowest BCUT2D eigenvalue weighted by atomic mass is 9.64. The summed E-state index contributed by atoms with van der Waals surface area (Å²) in [5, 5.41) is 3.61. The van der Waals surface area contributed by atoms with Crippen LogP contribution in [0.2, 0.25) is 0 Å². The number of aromatic nitrogens is 3. The Morgan fingerprint density at radius 1 is 1.12 bits per heavy atom. The number of anilines is 1. The van der Waals surface area contributed by atoms with Crippen molar-refractivity contribution in [3.05, 3.63) is 48.8 Å². The van der Waals surface area contributed by atoms with E-state index >= 15 is 0 Å². The molecule has 0 atom stereocenters. The summed E-state index contributed by atoms with van der Waals surface area (Å²) in [7, 11) is 3.38. The number of nitrogens with zero attached hydrogens (tertiary/aromatic N) is 4. The summed E-state index contributed by atoms with van der Waals surface area (Å²) in [6.45, 7) is 2.34. The molecule has 0 saturated carbocycles. The highest BCUT2D eigenvalue weighted by molar-refractivity contribution is 6.87. The van der Waals surface area contributed by atoms with Crippen molar-refractivity contribution < 1.29 is 0 Å². The van der Waals surface area contributed by atoms with Crippen LogP contribution in [0.5, 0.6) is 0 Å². The van der Waals surface area contributed by atoms with Gasteiger partial charge in [0.2, 0.25) is 0 Å². The van der Waals surface area contributed by atoms with E-state index in [1.165, 1.54) is 25.9 Å². The molecule has 0 bridgehead atoms. The molecule has 1 saturated heterocycles. The van der Waals surface area contributed by atoms with E-state index in [1.54, 1.807) is 0 Å². The zero-order valence-electron chi connectivity index (χ0n) is 14.0. The van der Waals surface area contributed by atoms with Gasteiger partial charge in [-0.05, 0) is 50.2 Å². The van der Waals surface area contributed by atoms with Crippen molar-refractivity contribution in [2.75, 3.05) is 18.4 Å². The van der Waals surface area contributed by atoms with Crippen molar-refractivity contribution >= 4 is 26.5 Å². The first kappa shape index (κ1) is 15.3.